The van der Waals surface area contributed by atoms with Crippen molar-refractivity contribution >= 4 is 15.9 Å². The van der Waals surface area contributed by atoms with Crippen LogP contribution in [0.2, 0.25) is 0 Å². The molecule has 0 rings (SSSR count). The summed E-state index contributed by atoms with van der Waals surface area (Å²) in [5, 5.41) is 1.02. The van der Waals surface area contributed by atoms with Gasteiger partial charge >= 0.3 is 0 Å². The zero-order valence-electron chi connectivity index (χ0n) is 5.06. The molecule has 0 saturated heterocycles. The summed E-state index contributed by atoms with van der Waals surface area (Å²) in [7, 11) is 0. The highest BCUT2D eigenvalue weighted by Crippen LogP contribution is 1.88. The molecule has 0 fully saturated rings. The molecule has 0 amide bonds. The summed E-state index contributed by atoms with van der Waals surface area (Å²) in [4.78, 5) is 0. The molecular formula is C6H11BrO. The fraction of sp³-hybridized carbons (Fsp3) is 0.667. The standard InChI is InChI=1S/C6H11BrO/c1-2-5-8-6-3-4-7/h2,5H,3-4,6H2,1H3. The van der Waals surface area contributed by atoms with Gasteiger partial charge in [-0.05, 0) is 13.3 Å². The first kappa shape index (κ1) is 8.02. The third-order valence-corrected chi connectivity index (χ3v) is 1.19. The minimum atomic E-state index is 0.815. The van der Waals surface area contributed by atoms with Gasteiger partial charge in [-0.1, -0.05) is 22.0 Å². The Balaban J connectivity index is 2.72. The van der Waals surface area contributed by atoms with Crippen molar-refractivity contribution in [3.05, 3.63) is 12.3 Å². The topological polar surface area (TPSA) is 9.23 Å². The van der Waals surface area contributed by atoms with Crippen LogP contribution in [0.3, 0.4) is 0 Å². The lowest BCUT2D eigenvalue weighted by molar-refractivity contribution is 0.251. The van der Waals surface area contributed by atoms with Gasteiger partial charge in [0.15, 0.2) is 0 Å². The van der Waals surface area contributed by atoms with Crippen LogP contribution in [-0.2, 0) is 4.74 Å². The van der Waals surface area contributed by atoms with Crippen molar-refractivity contribution < 1.29 is 4.74 Å². The Labute approximate surface area is 58.9 Å². The van der Waals surface area contributed by atoms with Crippen LogP contribution in [0.5, 0.6) is 0 Å². The molecule has 0 radical (unpaired) electrons. The van der Waals surface area contributed by atoms with E-state index in [1.165, 1.54) is 0 Å². The summed E-state index contributed by atoms with van der Waals surface area (Å²) in [5.74, 6) is 0. The van der Waals surface area contributed by atoms with Crippen molar-refractivity contribution in [3.8, 4) is 0 Å². The van der Waals surface area contributed by atoms with Gasteiger partial charge in [-0.15, -0.1) is 0 Å². The normalized spacial score (nSPS) is 10.2. The van der Waals surface area contributed by atoms with Gasteiger partial charge in [0.2, 0.25) is 0 Å². The minimum Gasteiger partial charge on any atom is -0.502 e. The molecule has 0 bridgehead atoms. The number of allylic oxidation sites excluding steroid dienone is 1. The second-order valence-electron chi connectivity index (χ2n) is 1.38. The highest BCUT2D eigenvalue weighted by molar-refractivity contribution is 9.09. The molecule has 0 unspecified atom stereocenters. The lowest BCUT2D eigenvalue weighted by atomic mass is 10.5. The molecule has 8 heavy (non-hydrogen) atoms. The Hall–Kier alpha value is 0.0200. The summed E-state index contributed by atoms with van der Waals surface area (Å²) in [6, 6.07) is 0. The summed E-state index contributed by atoms with van der Waals surface area (Å²) in [6.45, 7) is 2.75. The SMILES string of the molecule is CC=COCCCBr. The van der Waals surface area contributed by atoms with E-state index in [0.717, 1.165) is 18.4 Å². The zero-order valence-corrected chi connectivity index (χ0v) is 6.65. The Morgan fingerprint density at radius 1 is 1.62 bits per heavy atom. The van der Waals surface area contributed by atoms with Gasteiger partial charge in [0.1, 0.15) is 0 Å². The van der Waals surface area contributed by atoms with Crippen LogP contribution in [0, 0.1) is 0 Å². The third kappa shape index (κ3) is 6.02. The summed E-state index contributed by atoms with van der Waals surface area (Å²) >= 11 is 3.30. The molecule has 0 atom stereocenters. The highest BCUT2D eigenvalue weighted by atomic mass is 79.9. The molecule has 2 heteroatoms. The van der Waals surface area contributed by atoms with E-state index in [0.29, 0.717) is 0 Å². The largest absolute Gasteiger partial charge is 0.502 e. The molecule has 1 nitrogen and oxygen atoms in total. The molecule has 0 spiro atoms. The smallest absolute Gasteiger partial charge is 0.0881 e. The van der Waals surface area contributed by atoms with E-state index in [9.17, 15) is 0 Å². The van der Waals surface area contributed by atoms with E-state index in [1.807, 2.05) is 13.0 Å². The van der Waals surface area contributed by atoms with Gasteiger partial charge in [0, 0.05) is 5.33 Å². The molecule has 48 valence electrons. The Kier molecular flexibility index (Phi) is 7.04. The fourth-order valence-electron chi connectivity index (χ4n) is 0.302. The average molecular weight is 179 g/mol. The molecule has 0 aromatic rings. The van der Waals surface area contributed by atoms with E-state index in [4.69, 9.17) is 4.74 Å². The van der Waals surface area contributed by atoms with Gasteiger partial charge in [-0.3, -0.25) is 0 Å². The molecule has 0 saturated carbocycles. The molecule has 0 aliphatic rings. The highest BCUT2D eigenvalue weighted by Gasteiger charge is 1.78. The average Bonchev–Trinajstić information content (AvgIpc) is 1.81. The lowest BCUT2D eigenvalue weighted by Gasteiger charge is -1.94. The first-order valence-corrected chi connectivity index (χ1v) is 3.82. The molecule has 0 aliphatic heterocycles. The molecule has 0 N–H and O–H groups in total. The van der Waals surface area contributed by atoms with E-state index in [2.05, 4.69) is 15.9 Å². The molecule has 0 aliphatic carbocycles. The fourth-order valence-corrected chi connectivity index (χ4v) is 0.531. The monoisotopic (exact) mass is 178 g/mol. The maximum absolute atomic E-state index is 5.01. The lowest BCUT2D eigenvalue weighted by Crippen LogP contribution is -1.86. The van der Waals surface area contributed by atoms with Gasteiger partial charge in [0.25, 0.3) is 0 Å². The van der Waals surface area contributed by atoms with Crippen LogP contribution in [-0.4, -0.2) is 11.9 Å². The van der Waals surface area contributed by atoms with Crippen molar-refractivity contribution in [1.29, 1.82) is 0 Å². The number of hydrogen-bond donors (Lipinski definition) is 0. The van der Waals surface area contributed by atoms with Crippen molar-refractivity contribution in [3.63, 3.8) is 0 Å². The summed E-state index contributed by atoms with van der Waals surface area (Å²) in [5.41, 5.74) is 0. The van der Waals surface area contributed by atoms with Gasteiger partial charge in [0.05, 0.1) is 12.9 Å². The molecule has 0 aromatic carbocycles. The van der Waals surface area contributed by atoms with Crippen molar-refractivity contribution in [2.75, 3.05) is 11.9 Å². The molecule has 0 heterocycles. The van der Waals surface area contributed by atoms with Crippen LogP contribution in [0.1, 0.15) is 13.3 Å². The summed E-state index contributed by atoms with van der Waals surface area (Å²) < 4.78 is 5.01. The second kappa shape index (κ2) is 7.02. The van der Waals surface area contributed by atoms with E-state index >= 15 is 0 Å². The van der Waals surface area contributed by atoms with E-state index in [-0.39, 0.29) is 0 Å². The van der Waals surface area contributed by atoms with Gasteiger partial charge in [-0.25, -0.2) is 0 Å². The van der Waals surface area contributed by atoms with Crippen molar-refractivity contribution in [1.82, 2.24) is 0 Å². The third-order valence-electron chi connectivity index (χ3n) is 0.628. The first-order valence-electron chi connectivity index (χ1n) is 2.70. The van der Waals surface area contributed by atoms with E-state index < -0.39 is 0 Å². The molecule has 0 aromatic heterocycles. The second-order valence-corrected chi connectivity index (χ2v) is 2.18. The predicted octanol–water partition coefficient (Wildman–Crippen LogP) is 2.32. The van der Waals surface area contributed by atoms with E-state index in [1.54, 1.807) is 6.26 Å². The van der Waals surface area contributed by atoms with Crippen LogP contribution < -0.4 is 0 Å². The van der Waals surface area contributed by atoms with Crippen LogP contribution in [0.4, 0.5) is 0 Å². The van der Waals surface area contributed by atoms with Crippen LogP contribution in [0.15, 0.2) is 12.3 Å². The summed E-state index contributed by atoms with van der Waals surface area (Å²) in [6.07, 6.45) is 4.67. The quantitative estimate of drug-likeness (QED) is 0.365. The van der Waals surface area contributed by atoms with Crippen molar-refractivity contribution in [2.45, 2.75) is 13.3 Å². The maximum Gasteiger partial charge on any atom is 0.0881 e. The zero-order chi connectivity index (χ0) is 6.24. The van der Waals surface area contributed by atoms with Crippen LogP contribution in [0.25, 0.3) is 0 Å². The minimum absolute atomic E-state index is 0.815. The maximum atomic E-state index is 5.01. The first-order chi connectivity index (χ1) is 3.91. The number of halogens is 1. The van der Waals surface area contributed by atoms with Gasteiger partial charge in [-0.2, -0.15) is 0 Å². The Morgan fingerprint density at radius 2 is 2.38 bits per heavy atom. The number of ether oxygens (including phenoxy) is 1. The number of hydrogen-bond acceptors (Lipinski definition) is 1. The number of rotatable bonds is 4. The number of alkyl halides is 1. The molecular weight excluding hydrogens is 168 g/mol. The van der Waals surface area contributed by atoms with Gasteiger partial charge < -0.3 is 4.74 Å². The Bertz CT molecular complexity index is 61.5. The Morgan fingerprint density at radius 3 is 2.88 bits per heavy atom. The predicted molar refractivity (Wildman–Crippen MR) is 39.2 cm³/mol. The van der Waals surface area contributed by atoms with Crippen LogP contribution >= 0.6 is 15.9 Å². The van der Waals surface area contributed by atoms with Crippen molar-refractivity contribution in [2.24, 2.45) is 0 Å².